The Kier molecular flexibility index (Phi) is 5.88. The number of rotatable bonds is 4. The predicted molar refractivity (Wildman–Crippen MR) is 102 cm³/mol. The Labute approximate surface area is 159 Å². The molecule has 0 saturated carbocycles. The minimum absolute atomic E-state index is 0.0310. The van der Waals surface area contributed by atoms with Crippen LogP contribution < -0.4 is 10.2 Å². The average Bonchev–Trinajstić information content (AvgIpc) is 2.67. The monoisotopic (exact) mass is 419 g/mol. The van der Waals surface area contributed by atoms with Crippen LogP contribution in [-0.2, 0) is 4.79 Å². The second kappa shape index (κ2) is 8.31. The molecule has 7 heteroatoms. The van der Waals surface area contributed by atoms with E-state index in [0.717, 1.165) is 5.69 Å². The number of nitrogens with one attached hydrogen (secondary N) is 1. The van der Waals surface area contributed by atoms with Crippen LogP contribution in [0.1, 0.15) is 10.4 Å². The standard InChI is InChI=1S/C19H19BrFN3O2/c20-17-4-2-1-3-16(17)19(26)22-13-18(25)24-11-9-23(10-12-24)15-7-5-14(21)6-8-15/h1-8H,9-13H2,(H,22,26). The Hall–Kier alpha value is -2.41. The van der Waals surface area contributed by atoms with Crippen LogP contribution in [0.15, 0.2) is 53.0 Å². The van der Waals surface area contributed by atoms with Crippen LogP contribution >= 0.6 is 15.9 Å². The topological polar surface area (TPSA) is 52.7 Å². The first-order valence-electron chi connectivity index (χ1n) is 8.35. The highest BCUT2D eigenvalue weighted by Crippen LogP contribution is 2.17. The summed E-state index contributed by atoms with van der Waals surface area (Å²) in [6.07, 6.45) is 0. The van der Waals surface area contributed by atoms with Gasteiger partial charge in [-0.1, -0.05) is 12.1 Å². The zero-order valence-corrected chi connectivity index (χ0v) is 15.7. The van der Waals surface area contributed by atoms with Gasteiger partial charge in [0.1, 0.15) is 5.82 Å². The summed E-state index contributed by atoms with van der Waals surface area (Å²) in [6.45, 7) is 2.46. The normalized spacial score (nSPS) is 14.2. The number of hydrogen-bond acceptors (Lipinski definition) is 3. The summed E-state index contributed by atoms with van der Waals surface area (Å²) >= 11 is 3.33. The lowest BCUT2D eigenvalue weighted by molar-refractivity contribution is -0.130. The van der Waals surface area contributed by atoms with Crippen molar-refractivity contribution in [2.75, 3.05) is 37.6 Å². The van der Waals surface area contributed by atoms with E-state index in [1.54, 1.807) is 35.2 Å². The first-order valence-corrected chi connectivity index (χ1v) is 9.15. The number of anilines is 1. The fraction of sp³-hybridized carbons (Fsp3) is 0.263. The molecule has 0 radical (unpaired) electrons. The number of halogens is 2. The molecular weight excluding hydrogens is 401 g/mol. The van der Waals surface area contributed by atoms with Gasteiger partial charge < -0.3 is 15.1 Å². The molecule has 0 atom stereocenters. The summed E-state index contributed by atoms with van der Waals surface area (Å²) in [7, 11) is 0. The Morgan fingerprint density at radius 3 is 2.31 bits per heavy atom. The Morgan fingerprint density at radius 2 is 1.65 bits per heavy atom. The number of piperazine rings is 1. The predicted octanol–water partition coefficient (Wildman–Crippen LogP) is 2.67. The van der Waals surface area contributed by atoms with E-state index in [1.807, 2.05) is 6.07 Å². The van der Waals surface area contributed by atoms with Gasteiger partial charge in [-0.2, -0.15) is 0 Å². The van der Waals surface area contributed by atoms with E-state index in [9.17, 15) is 14.0 Å². The molecule has 1 aliphatic heterocycles. The molecule has 1 aliphatic rings. The van der Waals surface area contributed by atoms with Crippen LogP contribution in [0.25, 0.3) is 0 Å². The van der Waals surface area contributed by atoms with E-state index in [4.69, 9.17) is 0 Å². The molecule has 1 saturated heterocycles. The number of amides is 2. The maximum atomic E-state index is 13.0. The van der Waals surface area contributed by atoms with Crippen LogP contribution in [0.3, 0.4) is 0 Å². The molecule has 0 spiro atoms. The van der Waals surface area contributed by atoms with Gasteiger partial charge in [0.15, 0.2) is 0 Å². The highest BCUT2D eigenvalue weighted by Gasteiger charge is 2.22. The van der Waals surface area contributed by atoms with Crippen LogP contribution in [0.5, 0.6) is 0 Å². The maximum absolute atomic E-state index is 13.0. The average molecular weight is 420 g/mol. The van der Waals surface area contributed by atoms with E-state index in [2.05, 4.69) is 26.1 Å². The molecule has 0 bridgehead atoms. The Morgan fingerprint density at radius 1 is 1.00 bits per heavy atom. The lowest BCUT2D eigenvalue weighted by atomic mass is 10.2. The van der Waals surface area contributed by atoms with Gasteiger partial charge >= 0.3 is 0 Å². The van der Waals surface area contributed by atoms with E-state index < -0.39 is 0 Å². The van der Waals surface area contributed by atoms with E-state index in [0.29, 0.717) is 36.2 Å². The van der Waals surface area contributed by atoms with Crippen molar-refractivity contribution in [1.82, 2.24) is 10.2 Å². The number of benzene rings is 2. The molecule has 26 heavy (non-hydrogen) atoms. The van der Waals surface area contributed by atoms with Crippen molar-refractivity contribution < 1.29 is 14.0 Å². The third-order valence-electron chi connectivity index (χ3n) is 4.34. The number of hydrogen-bond donors (Lipinski definition) is 1. The molecule has 2 aromatic carbocycles. The molecule has 2 aromatic rings. The smallest absolute Gasteiger partial charge is 0.252 e. The molecule has 2 amide bonds. The first-order chi connectivity index (χ1) is 12.5. The van der Waals surface area contributed by atoms with Crippen molar-refractivity contribution >= 4 is 33.4 Å². The molecule has 1 fully saturated rings. The van der Waals surface area contributed by atoms with Crippen molar-refractivity contribution in [2.45, 2.75) is 0 Å². The van der Waals surface area contributed by atoms with Gasteiger partial charge in [0, 0.05) is 36.3 Å². The lowest BCUT2D eigenvalue weighted by Crippen LogP contribution is -2.51. The molecule has 3 rings (SSSR count). The van der Waals surface area contributed by atoms with Gasteiger partial charge in [-0.25, -0.2) is 4.39 Å². The quantitative estimate of drug-likeness (QED) is 0.828. The summed E-state index contributed by atoms with van der Waals surface area (Å²) in [5.41, 5.74) is 1.45. The SMILES string of the molecule is O=C(NCC(=O)N1CCN(c2ccc(F)cc2)CC1)c1ccccc1Br. The van der Waals surface area contributed by atoms with Crippen molar-refractivity contribution in [3.05, 3.63) is 64.4 Å². The fourth-order valence-electron chi connectivity index (χ4n) is 2.87. The van der Waals surface area contributed by atoms with Gasteiger partial charge in [0.05, 0.1) is 12.1 Å². The van der Waals surface area contributed by atoms with Crippen molar-refractivity contribution in [3.63, 3.8) is 0 Å². The van der Waals surface area contributed by atoms with Crippen molar-refractivity contribution in [3.8, 4) is 0 Å². The van der Waals surface area contributed by atoms with E-state index in [-0.39, 0.29) is 24.2 Å². The lowest BCUT2D eigenvalue weighted by Gasteiger charge is -2.36. The Balaban J connectivity index is 1.48. The van der Waals surface area contributed by atoms with Gasteiger partial charge in [-0.3, -0.25) is 9.59 Å². The summed E-state index contributed by atoms with van der Waals surface area (Å²) in [5, 5.41) is 2.67. The highest BCUT2D eigenvalue weighted by atomic mass is 79.9. The van der Waals surface area contributed by atoms with Gasteiger partial charge in [-0.15, -0.1) is 0 Å². The first kappa shape index (κ1) is 18.4. The van der Waals surface area contributed by atoms with Gasteiger partial charge in [-0.05, 0) is 52.3 Å². The second-order valence-corrected chi connectivity index (χ2v) is 6.86. The van der Waals surface area contributed by atoms with Crippen molar-refractivity contribution in [2.24, 2.45) is 0 Å². The van der Waals surface area contributed by atoms with Crippen LogP contribution in [-0.4, -0.2) is 49.4 Å². The Bertz CT molecular complexity index is 790. The van der Waals surface area contributed by atoms with Crippen LogP contribution in [0.2, 0.25) is 0 Å². The van der Waals surface area contributed by atoms with E-state index in [1.165, 1.54) is 12.1 Å². The summed E-state index contributed by atoms with van der Waals surface area (Å²) in [6, 6.07) is 13.4. The van der Waals surface area contributed by atoms with Gasteiger partial charge in [0.25, 0.3) is 5.91 Å². The van der Waals surface area contributed by atoms with Crippen molar-refractivity contribution in [1.29, 1.82) is 0 Å². The summed E-state index contributed by atoms with van der Waals surface area (Å²) in [5.74, 6) is -0.650. The molecule has 136 valence electrons. The fourth-order valence-corrected chi connectivity index (χ4v) is 3.34. The van der Waals surface area contributed by atoms with Crippen LogP contribution in [0.4, 0.5) is 10.1 Å². The summed E-state index contributed by atoms with van der Waals surface area (Å²) in [4.78, 5) is 28.4. The largest absolute Gasteiger partial charge is 0.368 e. The number of carbonyl (C=O) groups is 2. The molecule has 5 nitrogen and oxygen atoms in total. The van der Waals surface area contributed by atoms with E-state index >= 15 is 0 Å². The molecular formula is C19H19BrFN3O2. The number of carbonyl (C=O) groups excluding carboxylic acids is 2. The van der Waals surface area contributed by atoms with Gasteiger partial charge in [0.2, 0.25) is 5.91 Å². The third-order valence-corrected chi connectivity index (χ3v) is 5.03. The number of nitrogens with zero attached hydrogens (tertiary/aromatic N) is 2. The highest BCUT2D eigenvalue weighted by molar-refractivity contribution is 9.10. The second-order valence-electron chi connectivity index (χ2n) is 6.01. The maximum Gasteiger partial charge on any atom is 0.252 e. The minimum Gasteiger partial charge on any atom is -0.368 e. The molecule has 0 aliphatic carbocycles. The molecule has 1 N–H and O–H groups in total. The minimum atomic E-state index is -0.282. The van der Waals surface area contributed by atoms with Crippen LogP contribution in [0, 0.1) is 5.82 Å². The molecule has 0 unspecified atom stereocenters. The summed E-state index contributed by atoms with van der Waals surface area (Å²) < 4.78 is 13.7. The molecule has 1 heterocycles. The molecule has 0 aromatic heterocycles. The zero-order valence-electron chi connectivity index (χ0n) is 14.1. The third kappa shape index (κ3) is 4.40. The zero-order chi connectivity index (χ0) is 18.5.